The second-order valence-electron chi connectivity index (χ2n) is 8.82. The van der Waals surface area contributed by atoms with Gasteiger partial charge in [0.15, 0.2) is 0 Å². The van der Waals surface area contributed by atoms with Gasteiger partial charge in [-0.3, -0.25) is 0 Å². The summed E-state index contributed by atoms with van der Waals surface area (Å²) in [6, 6.07) is 41.4. The lowest BCUT2D eigenvalue weighted by Gasteiger charge is -2.49. The lowest BCUT2D eigenvalue weighted by Crippen LogP contribution is -2.63. The van der Waals surface area contributed by atoms with Gasteiger partial charge in [0.05, 0.1) is 0 Å². The molecule has 1 atom stereocenters. The molecule has 0 nitrogen and oxygen atoms in total. The van der Waals surface area contributed by atoms with Crippen LogP contribution in [0, 0.1) is 0 Å². The Hall–Kier alpha value is -3.42. The van der Waals surface area contributed by atoms with E-state index in [1.54, 1.807) is 0 Å². The van der Waals surface area contributed by atoms with E-state index in [9.17, 15) is 0 Å². The first kappa shape index (κ1) is 22.8. The monoisotopic (exact) mass is 444 g/mol. The predicted octanol–water partition coefficient (Wildman–Crippen LogP) is 7.85. The first-order valence-electron chi connectivity index (χ1n) is 11.7. The molecule has 1 unspecified atom stereocenters. The molecule has 33 heavy (non-hydrogen) atoms. The average molecular weight is 445 g/mol. The third-order valence-corrected chi connectivity index (χ3v) is 12.9. The first-order valence-corrected chi connectivity index (χ1v) is 14.4. The number of hydrogen-bond acceptors (Lipinski definition) is 0. The molecule has 0 N–H and O–H groups in total. The smallest absolute Gasteiger partial charge is 0.0985 e. The number of hydrogen-bond donors (Lipinski definition) is 0. The van der Waals surface area contributed by atoms with E-state index in [1.807, 2.05) is 12.2 Å². The highest BCUT2D eigenvalue weighted by atomic mass is 28.3. The zero-order chi connectivity index (χ0) is 23.3. The maximum atomic E-state index is 3.97. The van der Waals surface area contributed by atoms with Crippen molar-refractivity contribution in [3.63, 3.8) is 0 Å². The first-order chi connectivity index (χ1) is 16.1. The van der Waals surface area contributed by atoms with Crippen LogP contribution >= 0.6 is 0 Å². The summed E-state index contributed by atoms with van der Waals surface area (Å²) in [7, 11) is -2.23. The summed E-state index contributed by atoms with van der Waals surface area (Å²) in [5.41, 5.74) is 6.35. The maximum Gasteiger partial charge on any atom is 0.104 e. The van der Waals surface area contributed by atoms with E-state index in [-0.39, 0.29) is 5.04 Å². The molecule has 0 saturated carbocycles. The van der Waals surface area contributed by atoms with Crippen molar-refractivity contribution in [1.82, 2.24) is 0 Å². The van der Waals surface area contributed by atoms with E-state index < -0.39 is 8.07 Å². The second kappa shape index (κ2) is 9.60. The summed E-state index contributed by atoms with van der Waals surface area (Å²) in [4.78, 5) is 0. The fourth-order valence-electron chi connectivity index (χ4n) is 5.37. The SMILES string of the molecule is C=Cc1ccc(C(c2ccccc2)(c2ccccc2)[Si](C)(CC)c2ccc(C=C)cc2)cc1. The molecule has 0 saturated heterocycles. The molecule has 0 radical (unpaired) electrons. The lowest BCUT2D eigenvalue weighted by atomic mass is 9.83. The van der Waals surface area contributed by atoms with Gasteiger partial charge >= 0.3 is 0 Å². The van der Waals surface area contributed by atoms with Crippen LogP contribution in [0.1, 0.15) is 34.7 Å². The third-order valence-electron chi connectivity index (χ3n) is 7.31. The van der Waals surface area contributed by atoms with Crippen LogP contribution < -0.4 is 5.19 Å². The van der Waals surface area contributed by atoms with E-state index in [4.69, 9.17) is 0 Å². The predicted molar refractivity (Wildman–Crippen MR) is 148 cm³/mol. The minimum atomic E-state index is -2.23. The molecule has 4 aromatic carbocycles. The molecule has 0 aliphatic carbocycles. The van der Waals surface area contributed by atoms with Gasteiger partial charge in [0.25, 0.3) is 0 Å². The van der Waals surface area contributed by atoms with Gasteiger partial charge in [-0.15, -0.1) is 0 Å². The molecule has 4 aromatic rings. The van der Waals surface area contributed by atoms with E-state index in [0.29, 0.717) is 0 Å². The Balaban J connectivity index is 2.13. The minimum Gasteiger partial charge on any atom is -0.0985 e. The summed E-state index contributed by atoms with van der Waals surface area (Å²) < 4.78 is 0. The van der Waals surface area contributed by atoms with Crippen LogP contribution in [0.5, 0.6) is 0 Å². The molecule has 0 aliphatic rings. The Morgan fingerprint density at radius 2 is 1.00 bits per heavy atom. The highest BCUT2D eigenvalue weighted by Gasteiger charge is 2.53. The zero-order valence-corrected chi connectivity index (χ0v) is 20.7. The Labute approximate surface area is 200 Å². The topological polar surface area (TPSA) is 0 Å². The van der Waals surface area contributed by atoms with Crippen LogP contribution in [0.2, 0.25) is 12.6 Å². The van der Waals surface area contributed by atoms with E-state index in [2.05, 4.69) is 136 Å². The molecule has 0 heterocycles. The molecule has 0 amide bonds. The van der Waals surface area contributed by atoms with Crippen molar-refractivity contribution in [2.75, 3.05) is 0 Å². The molecule has 0 aromatic heterocycles. The molecular weight excluding hydrogens is 412 g/mol. The molecular formula is C32H32Si. The summed E-state index contributed by atoms with van der Waals surface area (Å²) in [5.74, 6) is 0. The van der Waals surface area contributed by atoms with Gasteiger partial charge in [-0.2, -0.15) is 0 Å². The van der Waals surface area contributed by atoms with Crippen LogP contribution in [0.25, 0.3) is 12.2 Å². The quantitative estimate of drug-likeness (QED) is 0.192. The summed E-state index contributed by atoms with van der Waals surface area (Å²) in [6.45, 7) is 12.8. The molecule has 0 bridgehead atoms. The van der Waals surface area contributed by atoms with Crippen LogP contribution in [0.4, 0.5) is 0 Å². The molecule has 164 valence electrons. The Morgan fingerprint density at radius 1 is 0.606 bits per heavy atom. The molecule has 1 heteroatoms. The summed E-state index contributed by atoms with van der Waals surface area (Å²) in [5, 5.41) is 1.20. The van der Waals surface area contributed by atoms with Gasteiger partial charge < -0.3 is 0 Å². The van der Waals surface area contributed by atoms with Crippen molar-refractivity contribution < 1.29 is 0 Å². The fourth-order valence-corrected chi connectivity index (χ4v) is 10.1. The van der Waals surface area contributed by atoms with Crippen molar-refractivity contribution in [1.29, 1.82) is 0 Å². The van der Waals surface area contributed by atoms with Crippen LogP contribution in [-0.2, 0) is 5.04 Å². The highest BCUT2D eigenvalue weighted by Crippen LogP contribution is 2.47. The summed E-state index contributed by atoms with van der Waals surface area (Å²) >= 11 is 0. The molecule has 0 aliphatic heterocycles. The fraction of sp³-hybridized carbons (Fsp3) is 0.125. The molecule has 0 fully saturated rings. The van der Waals surface area contributed by atoms with Gasteiger partial charge in [-0.25, -0.2) is 0 Å². The standard InChI is InChI=1S/C32H32Si/c1-5-26-18-22-30(23-19-26)32(28-14-10-8-11-15-28,29-16-12-9-13-17-29)33(4,7-3)31-24-20-27(6-2)21-25-31/h5-6,8-25H,1-2,7H2,3-4H3. The largest absolute Gasteiger partial charge is 0.104 e. The third kappa shape index (κ3) is 3.83. The van der Waals surface area contributed by atoms with Crippen LogP contribution in [0.15, 0.2) is 122 Å². The van der Waals surface area contributed by atoms with Gasteiger partial charge in [-0.1, -0.05) is 159 Å². The Kier molecular flexibility index (Phi) is 6.62. The number of benzene rings is 4. The zero-order valence-electron chi connectivity index (χ0n) is 19.7. The van der Waals surface area contributed by atoms with Crippen LogP contribution in [0.3, 0.4) is 0 Å². The van der Waals surface area contributed by atoms with Gasteiger partial charge in [0.2, 0.25) is 0 Å². The Bertz CT molecular complexity index is 1170. The molecule has 0 spiro atoms. The lowest BCUT2D eigenvalue weighted by molar-refractivity contribution is 0.824. The van der Waals surface area contributed by atoms with E-state index >= 15 is 0 Å². The van der Waals surface area contributed by atoms with E-state index in [1.165, 1.54) is 21.9 Å². The van der Waals surface area contributed by atoms with Crippen molar-refractivity contribution in [2.24, 2.45) is 0 Å². The highest BCUT2D eigenvalue weighted by molar-refractivity contribution is 6.94. The van der Waals surface area contributed by atoms with Crippen LogP contribution in [-0.4, -0.2) is 8.07 Å². The van der Waals surface area contributed by atoms with Gasteiger partial charge in [0, 0.05) is 5.04 Å². The average Bonchev–Trinajstić information content (AvgIpc) is 2.90. The van der Waals surface area contributed by atoms with Crippen molar-refractivity contribution >= 4 is 25.4 Å². The molecule has 4 rings (SSSR count). The maximum absolute atomic E-state index is 3.97. The van der Waals surface area contributed by atoms with E-state index in [0.717, 1.165) is 17.2 Å². The van der Waals surface area contributed by atoms with Gasteiger partial charge in [-0.05, 0) is 27.8 Å². The van der Waals surface area contributed by atoms with Crippen molar-refractivity contribution in [2.45, 2.75) is 24.6 Å². The second-order valence-corrected chi connectivity index (χ2v) is 13.5. The van der Waals surface area contributed by atoms with Crippen molar-refractivity contribution in [3.05, 3.63) is 150 Å². The minimum absolute atomic E-state index is 0.250. The van der Waals surface area contributed by atoms with Gasteiger partial charge in [0.1, 0.15) is 8.07 Å². The van der Waals surface area contributed by atoms with Crippen molar-refractivity contribution in [3.8, 4) is 0 Å². The summed E-state index contributed by atoms with van der Waals surface area (Å²) in [6.07, 6.45) is 3.84. The number of rotatable bonds is 8. The normalized spacial score (nSPS) is 13.2. The Morgan fingerprint density at radius 3 is 1.39 bits per heavy atom.